The van der Waals surface area contributed by atoms with Gasteiger partial charge in [0.15, 0.2) is 11.4 Å². The van der Waals surface area contributed by atoms with Gasteiger partial charge in [0.05, 0.1) is 11.9 Å². The van der Waals surface area contributed by atoms with E-state index in [1.54, 1.807) is 48.5 Å². The fraction of sp³-hybridized carbons (Fsp3) is 0.111. The molecule has 0 spiro atoms. The highest BCUT2D eigenvalue weighted by Gasteiger charge is 2.41. The van der Waals surface area contributed by atoms with E-state index in [0.717, 1.165) is 10.7 Å². The molecular weight excluding hydrogens is 425 g/mol. The van der Waals surface area contributed by atoms with Gasteiger partial charge in [0.2, 0.25) is 0 Å². The number of carbonyl (C=O) groups is 1. The van der Waals surface area contributed by atoms with Crippen molar-refractivity contribution in [3.63, 3.8) is 0 Å². The van der Waals surface area contributed by atoms with Gasteiger partial charge in [-0.2, -0.15) is 5.10 Å². The lowest BCUT2D eigenvalue weighted by molar-refractivity contribution is 0.0522. The molecule has 1 heterocycles. The first-order valence-corrected chi connectivity index (χ1v) is 8.73. The maximum atomic E-state index is 14.8. The zero-order valence-electron chi connectivity index (χ0n) is 13.6. The summed E-state index contributed by atoms with van der Waals surface area (Å²) in [6, 6.07) is 13.8. The quantitative estimate of drug-likeness (QED) is 0.637. The summed E-state index contributed by atoms with van der Waals surface area (Å²) in [5, 5.41) is 4.40. The lowest BCUT2D eigenvalue weighted by Crippen LogP contribution is -2.36. The van der Waals surface area contributed by atoms with Crippen LogP contribution in [0.15, 0.2) is 59.2 Å². The zero-order valence-corrected chi connectivity index (χ0v) is 16.0. The monoisotopic (exact) mass is 437 g/mol. The second kappa shape index (κ2) is 7.09. The summed E-state index contributed by atoms with van der Waals surface area (Å²) in [5.41, 5.74) is 4.66. The number of amides is 1. The number of halogens is 3. The Balaban J connectivity index is 2.26. The number of carbonyl (C=O) groups excluding carboxylic acids is 1. The van der Waals surface area contributed by atoms with Crippen LogP contribution in [-0.2, 0) is 10.3 Å². The standard InChI is InChI=1S/C18H14BrClFN3O2/c1-18(26-17(22)25,13-4-2-3-5-14(13)20)16-15(21)10-23-24(16)12-8-6-11(19)7-9-12/h2-10H,1H3,(H2,22,25). The van der Waals surface area contributed by atoms with E-state index in [4.69, 9.17) is 22.1 Å². The molecule has 3 rings (SSSR count). The number of benzene rings is 2. The van der Waals surface area contributed by atoms with Crippen molar-refractivity contribution in [2.24, 2.45) is 5.73 Å². The Bertz CT molecular complexity index is 961. The Morgan fingerprint density at radius 2 is 1.92 bits per heavy atom. The van der Waals surface area contributed by atoms with Gasteiger partial charge in [0.1, 0.15) is 5.69 Å². The molecule has 0 saturated carbocycles. The Hall–Kier alpha value is -2.38. The molecule has 5 nitrogen and oxygen atoms in total. The van der Waals surface area contributed by atoms with Crippen molar-refractivity contribution >= 4 is 33.6 Å². The minimum absolute atomic E-state index is 0.00622. The summed E-state index contributed by atoms with van der Waals surface area (Å²) >= 11 is 9.64. The van der Waals surface area contributed by atoms with Gasteiger partial charge in [-0.1, -0.05) is 45.7 Å². The molecule has 1 aromatic heterocycles. The normalized spacial score (nSPS) is 13.2. The third-order valence-electron chi connectivity index (χ3n) is 3.94. The van der Waals surface area contributed by atoms with Crippen LogP contribution in [0.1, 0.15) is 18.2 Å². The van der Waals surface area contributed by atoms with Crippen LogP contribution in [0.5, 0.6) is 0 Å². The van der Waals surface area contributed by atoms with Gasteiger partial charge >= 0.3 is 6.09 Å². The van der Waals surface area contributed by atoms with E-state index in [9.17, 15) is 9.18 Å². The number of primary amides is 1. The molecule has 1 unspecified atom stereocenters. The van der Waals surface area contributed by atoms with Crippen LogP contribution in [0.4, 0.5) is 9.18 Å². The topological polar surface area (TPSA) is 70.1 Å². The van der Waals surface area contributed by atoms with Crippen molar-refractivity contribution in [1.29, 1.82) is 0 Å². The molecule has 0 radical (unpaired) electrons. The van der Waals surface area contributed by atoms with Crippen molar-refractivity contribution in [3.05, 3.63) is 81.3 Å². The fourth-order valence-corrected chi connectivity index (χ4v) is 3.40. The number of hydrogen-bond donors (Lipinski definition) is 1. The highest BCUT2D eigenvalue weighted by Crippen LogP contribution is 2.39. The Kier molecular flexibility index (Phi) is 5.02. The minimum Gasteiger partial charge on any atom is -0.432 e. The van der Waals surface area contributed by atoms with Crippen LogP contribution >= 0.6 is 27.5 Å². The molecule has 0 saturated heterocycles. The van der Waals surface area contributed by atoms with Gasteiger partial charge in [0, 0.05) is 15.1 Å². The van der Waals surface area contributed by atoms with Gasteiger partial charge in [-0.15, -0.1) is 0 Å². The van der Waals surface area contributed by atoms with E-state index in [1.807, 2.05) is 0 Å². The van der Waals surface area contributed by atoms with Crippen LogP contribution in [0.25, 0.3) is 5.69 Å². The molecule has 2 aromatic carbocycles. The largest absolute Gasteiger partial charge is 0.432 e. The van der Waals surface area contributed by atoms with E-state index in [2.05, 4.69) is 21.0 Å². The van der Waals surface area contributed by atoms with E-state index in [-0.39, 0.29) is 5.69 Å². The summed E-state index contributed by atoms with van der Waals surface area (Å²) in [5.74, 6) is -0.656. The maximum absolute atomic E-state index is 14.8. The first kappa shape index (κ1) is 18.4. The van der Waals surface area contributed by atoms with Crippen LogP contribution in [0.2, 0.25) is 5.02 Å². The predicted octanol–water partition coefficient (Wildman–Crippen LogP) is 4.79. The van der Waals surface area contributed by atoms with Crippen molar-refractivity contribution in [3.8, 4) is 5.69 Å². The van der Waals surface area contributed by atoms with Gasteiger partial charge in [-0.3, -0.25) is 0 Å². The smallest absolute Gasteiger partial charge is 0.405 e. The predicted molar refractivity (Wildman–Crippen MR) is 99.8 cm³/mol. The lowest BCUT2D eigenvalue weighted by Gasteiger charge is -2.30. The lowest BCUT2D eigenvalue weighted by atomic mass is 9.91. The van der Waals surface area contributed by atoms with Gasteiger partial charge in [-0.05, 0) is 37.3 Å². The number of ether oxygens (including phenoxy) is 1. The number of nitrogens with zero attached hydrogens (tertiary/aromatic N) is 2. The first-order valence-electron chi connectivity index (χ1n) is 7.56. The first-order chi connectivity index (χ1) is 12.3. The Morgan fingerprint density at radius 1 is 1.27 bits per heavy atom. The Morgan fingerprint density at radius 3 is 2.54 bits per heavy atom. The Labute approximate surface area is 162 Å². The summed E-state index contributed by atoms with van der Waals surface area (Å²) in [6.45, 7) is 1.52. The van der Waals surface area contributed by atoms with Crippen molar-refractivity contribution in [1.82, 2.24) is 9.78 Å². The molecule has 0 aliphatic heterocycles. The molecule has 1 amide bonds. The van der Waals surface area contributed by atoms with Crippen LogP contribution in [-0.4, -0.2) is 15.9 Å². The maximum Gasteiger partial charge on any atom is 0.405 e. The molecule has 26 heavy (non-hydrogen) atoms. The highest BCUT2D eigenvalue weighted by molar-refractivity contribution is 9.10. The van der Waals surface area contributed by atoms with E-state index >= 15 is 0 Å². The van der Waals surface area contributed by atoms with Gasteiger partial charge < -0.3 is 10.5 Å². The summed E-state index contributed by atoms with van der Waals surface area (Å²) < 4.78 is 22.3. The second-order valence-corrected chi connectivity index (χ2v) is 6.99. The summed E-state index contributed by atoms with van der Waals surface area (Å²) in [4.78, 5) is 11.6. The average Bonchev–Trinajstić information content (AvgIpc) is 2.97. The van der Waals surface area contributed by atoms with Crippen molar-refractivity contribution in [2.45, 2.75) is 12.5 Å². The highest BCUT2D eigenvalue weighted by atomic mass is 79.9. The van der Waals surface area contributed by atoms with E-state index in [0.29, 0.717) is 16.3 Å². The van der Waals surface area contributed by atoms with Crippen LogP contribution < -0.4 is 5.73 Å². The van der Waals surface area contributed by atoms with Gasteiger partial charge in [0.25, 0.3) is 0 Å². The third-order valence-corrected chi connectivity index (χ3v) is 4.80. The van der Waals surface area contributed by atoms with Crippen molar-refractivity contribution < 1.29 is 13.9 Å². The molecule has 2 N–H and O–H groups in total. The summed E-state index contributed by atoms with van der Waals surface area (Å²) in [7, 11) is 0. The molecule has 8 heteroatoms. The third kappa shape index (κ3) is 3.32. The number of aromatic nitrogens is 2. The molecule has 134 valence electrons. The molecule has 0 bridgehead atoms. The molecular formula is C18H14BrClFN3O2. The molecule has 0 aliphatic carbocycles. The van der Waals surface area contributed by atoms with Crippen LogP contribution in [0, 0.1) is 5.82 Å². The molecule has 0 fully saturated rings. The number of nitrogens with two attached hydrogens (primary N) is 1. The van der Waals surface area contributed by atoms with Crippen molar-refractivity contribution in [2.75, 3.05) is 0 Å². The molecule has 3 aromatic rings. The van der Waals surface area contributed by atoms with Crippen LogP contribution in [0.3, 0.4) is 0 Å². The SMILES string of the molecule is CC(OC(N)=O)(c1ccccc1Cl)c1c(F)cnn1-c1ccc(Br)cc1. The molecule has 0 aliphatic rings. The van der Waals surface area contributed by atoms with E-state index in [1.165, 1.54) is 11.6 Å². The number of rotatable bonds is 4. The second-order valence-electron chi connectivity index (χ2n) is 5.66. The summed E-state index contributed by atoms with van der Waals surface area (Å²) in [6.07, 6.45) is -0.00743. The fourth-order valence-electron chi connectivity index (χ4n) is 2.82. The molecule has 1 atom stereocenters. The van der Waals surface area contributed by atoms with E-state index < -0.39 is 17.5 Å². The zero-order chi connectivity index (χ0) is 18.9. The minimum atomic E-state index is -1.59. The number of hydrogen-bond acceptors (Lipinski definition) is 3. The average molecular weight is 439 g/mol. The van der Waals surface area contributed by atoms with Gasteiger partial charge in [-0.25, -0.2) is 13.9 Å².